The number of hydrogen-bond acceptors (Lipinski definition) is 3. The molecular formula is C22H24O3. The largest absolute Gasteiger partial charge is 0.427 e. The molecule has 0 aliphatic heterocycles. The number of carbonyl (C=O) groups is 2. The van der Waals surface area contributed by atoms with Gasteiger partial charge in [0.05, 0.1) is 0 Å². The number of rotatable bonds is 1. The van der Waals surface area contributed by atoms with E-state index in [0.29, 0.717) is 35.7 Å². The second-order valence-electron chi connectivity index (χ2n) is 8.15. The van der Waals surface area contributed by atoms with Crippen LogP contribution in [0.4, 0.5) is 0 Å². The van der Waals surface area contributed by atoms with Crippen molar-refractivity contribution in [2.45, 2.75) is 51.9 Å². The molecule has 0 bridgehead atoms. The van der Waals surface area contributed by atoms with Crippen LogP contribution in [0.15, 0.2) is 18.2 Å². The van der Waals surface area contributed by atoms with Gasteiger partial charge < -0.3 is 4.74 Å². The molecule has 0 unspecified atom stereocenters. The minimum atomic E-state index is -0.298. The average molecular weight is 336 g/mol. The summed E-state index contributed by atoms with van der Waals surface area (Å²) in [5.41, 5.74) is 2.32. The normalized spacial score (nSPS) is 36.0. The minimum Gasteiger partial charge on any atom is -0.427 e. The number of fused-ring (bicyclic) bond motifs is 5. The minimum absolute atomic E-state index is 0.104. The highest BCUT2D eigenvalue weighted by molar-refractivity contribution is 5.87. The van der Waals surface area contributed by atoms with Crippen LogP contribution in [-0.4, -0.2) is 11.8 Å². The average Bonchev–Trinajstić information content (AvgIpc) is 2.88. The van der Waals surface area contributed by atoms with E-state index in [0.717, 1.165) is 25.7 Å². The van der Waals surface area contributed by atoms with Crippen LogP contribution < -0.4 is 4.74 Å². The third-order valence-corrected chi connectivity index (χ3v) is 6.89. The van der Waals surface area contributed by atoms with Gasteiger partial charge in [0.2, 0.25) is 0 Å². The third-order valence-electron chi connectivity index (χ3n) is 6.89. The molecule has 2 fully saturated rings. The number of esters is 1. The zero-order chi connectivity index (χ0) is 17.8. The van der Waals surface area contributed by atoms with Crippen LogP contribution in [0.3, 0.4) is 0 Å². The Kier molecular flexibility index (Phi) is 3.76. The Labute approximate surface area is 149 Å². The van der Waals surface area contributed by atoms with Gasteiger partial charge in [-0.3, -0.25) is 9.59 Å². The third kappa shape index (κ3) is 2.42. The van der Waals surface area contributed by atoms with Crippen molar-refractivity contribution < 1.29 is 14.3 Å². The van der Waals surface area contributed by atoms with Crippen molar-refractivity contribution in [3.05, 3.63) is 29.3 Å². The molecule has 3 heteroatoms. The lowest BCUT2D eigenvalue weighted by atomic mass is 9.52. The molecule has 5 atom stereocenters. The molecule has 0 spiro atoms. The molecule has 1 aromatic carbocycles. The summed E-state index contributed by atoms with van der Waals surface area (Å²) in [5, 5.41) is 0. The summed E-state index contributed by atoms with van der Waals surface area (Å²) < 4.78 is 5.25. The highest BCUT2D eigenvalue weighted by Crippen LogP contribution is 2.61. The van der Waals surface area contributed by atoms with Crippen LogP contribution in [0.5, 0.6) is 5.75 Å². The molecule has 25 heavy (non-hydrogen) atoms. The maximum atomic E-state index is 12.5. The van der Waals surface area contributed by atoms with E-state index in [2.05, 4.69) is 18.9 Å². The summed E-state index contributed by atoms with van der Waals surface area (Å²) in [6, 6.07) is 5.96. The van der Waals surface area contributed by atoms with E-state index in [1.807, 2.05) is 12.1 Å². The maximum Gasteiger partial charge on any atom is 0.308 e. The van der Waals surface area contributed by atoms with Gasteiger partial charge >= 0.3 is 5.97 Å². The molecule has 0 heterocycles. The number of hydrogen-bond donors (Lipinski definition) is 0. The molecule has 3 aliphatic rings. The van der Waals surface area contributed by atoms with Crippen molar-refractivity contribution in [1.29, 1.82) is 0 Å². The predicted octanol–water partition coefficient (Wildman–Crippen LogP) is 3.90. The second kappa shape index (κ2) is 5.73. The molecule has 3 nitrogen and oxygen atoms in total. The summed E-state index contributed by atoms with van der Waals surface area (Å²) in [6.07, 6.45) is 10.5. The number of terminal acetylenes is 1. The zero-order valence-corrected chi connectivity index (χ0v) is 14.9. The van der Waals surface area contributed by atoms with E-state index >= 15 is 0 Å². The van der Waals surface area contributed by atoms with Crippen molar-refractivity contribution in [3.8, 4) is 18.1 Å². The first-order valence-electron chi connectivity index (χ1n) is 9.24. The van der Waals surface area contributed by atoms with E-state index < -0.39 is 0 Å². The first-order valence-corrected chi connectivity index (χ1v) is 9.24. The van der Waals surface area contributed by atoms with Crippen LogP contribution in [0.25, 0.3) is 0 Å². The van der Waals surface area contributed by atoms with Gasteiger partial charge in [0.1, 0.15) is 11.5 Å². The summed E-state index contributed by atoms with van der Waals surface area (Å²) in [6.45, 7) is 3.57. The second-order valence-corrected chi connectivity index (χ2v) is 8.15. The summed E-state index contributed by atoms with van der Waals surface area (Å²) in [4.78, 5) is 23.8. The molecule has 0 radical (unpaired) electrons. The Balaban J connectivity index is 1.73. The lowest BCUT2D eigenvalue weighted by Crippen LogP contribution is -2.46. The van der Waals surface area contributed by atoms with Crippen LogP contribution in [0, 0.1) is 35.5 Å². The first-order chi connectivity index (χ1) is 11.9. The molecule has 1 aromatic rings. The van der Waals surface area contributed by atoms with Gasteiger partial charge in [0, 0.05) is 30.6 Å². The van der Waals surface area contributed by atoms with Gasteiger partial charge in [-0.15, -0.1) is 12.3 Å². The Hall–Kier alpha value is -2.08. The molecule has 4 rings (SSSR count). The van der Waals surface area contributed by atoms with Crippen molar-refractivity contribution >= 4 is 11.8 Å². The molecule has 0 aromatic heterocycles. The maximum absolute atomic E-state index is 12.5. The van der Waals surface area contributed by atoms with Gasteiger partial charge in [-0.2, -0.15) is 0 Å². The Bertz CT molecular complexity index is 787. The van der Waals surface area contributed by atoms with E-state index in [4.69, 9.17) is 11.2 Å². The Morgan fingerprint density at radius 1 is 1.32 bits per heavy atom. The SMILES string of the molecule is C#C[C@H]1C[C@]2(C)C(=O)CC[C@H]2[C@@H]2CCc3cc(OC(C)=O)ccc3[C@H]21. The molecule has 130 valence electrons. The molecular weight excluding hydrogens is 312 g/mol. The van der Waals surface area contributed by atoms with E-state index in [1.54, 1.807) is 0 Å². The van der Waals surface area contributed by atoms with Crippen molar-refractivity contribution in [1.82, 2.24) is 0 Å². The number of carbonyl (C=O) groups excluding carboxylic acids is 2. The number of aryl methyl sites for hydroxylation is 1. The monoisotopic (exact) mass is 336 g/mol. The van der Waals surface area contributed by atoms with Crippen molar-refractivity contribution in [2.24, 2.45) is 23.2 Å². The molecule has 0 N–H and O–H groups in total. The molecule has 3 aliphatic carbocycles. The van der Waals surface area contributed by atoms with Crippen molar-refractivity contribution in [3.63, 3.8) is 0 Å². The quantitative estimate of drug-likeness (QED) is 0.444. The summed E-state index contributed by atoms with van der Waals surface area (Å²) in [7, 11) is 0. The van der Waals surface area contributed by atoms with E-state index in [9.17, 15) is 9.59 Å². The highest BCUT2D eigenvalue weighted by Gasteiger charge is 2.57. The first kappa shape index (κ1) is 16.4. The summed E-state index contributed by atoms with van der Waals surface area (Å²) in [5.74, 6) is 5.10. The summed E-state index contributed by atoms with van der Waals surface area (Å²) >= 11 is 0. The van der Waals surface area contributed by atoms with Crippen LogP contribution in [-0.2, 0) is 16.0 Å². The fourth-order valence-electron chi connectivity index (χ4n) is 5.85. The fraction of sp³-hybridized carbons (Fsp3) is 0.545. The van der Waals surface area contributed by atoms with Crippen LogP contribution >= 0.6 is 0 Å². The van der Waals surface area contributed by atoms with Gasteiger partial charge in [-0.1, -0.05) is 13.0 Å². The smallest absolute Gasteiger partial charge is 0.308 e. The van der Waals surface area contributed by atoms with Crippen LogP contribution in [0.1, 0.15) is 56.6 Å². The Morgan fingerprint density at radius 3 is 2.84 bits per heavy atom. The van der Waals surface area contributed by atoms with Crippen molar-refractivity contribution in [2.75, 3.05) is 0 Å². The number of benzene rings is 1. The lowest BCUT2D eigenvalue weighted by molar-refractivity contribution is -0.132. The number of Topliss-reactive ketones (excluding diaryl/α,β-unsaturated/α-hetero) is 1. The predicted molar refractivity (Wildman–Crippen MR) is 95.1 cm³/mol. The molecule has 0 amide bonds. The molecule has 0 saturated heterocycles. The van der Waals surface area contributed by atoms with Gasteiger partial charge in [-0.05, 0) is 60.8 Å². The fourth-order valence-corrected chi connectivity index (χ4v) is 5.85. The number of ether oxygens (including phenoxy) is 1. The van der Waals surface area contributed by atoms with Gasteiger partial charge in [0.25, 0.3) is 0 Å². The zero-order valence-electron chi connectivity index (χ0n) is 14.9. The van der Waals surface area contributed by atoms with Crippen LogP contribution in [0.2, 0.25) is 0 Å². The van der Waals surface area contributed by atoms with Gasteiger partial charge in [-0.25, -0.2) is 0 Å². The highest BCUT2D eigenvalue weighted by atomic mass is 16.5. The topological polar surface area (TPSA) is 43.4 Å². The Morgan fingerprint density at radius 2 is 2.12 bits per heavy atom. The number of ketones is 1. The molecule has 2 saturated carbocycles. The lowest BCUT2D eigenvalue weighted by Gasteiger charge is -2.51. The van der Waals surface area contributed by atoms with Gasteiger partial charge in [0.15, 0.2) is 0 Å². The van der Waals surface area contributed by atoms with E-state index in [1.165, 1.54) is 18.1 Å². The van der Waals surface area contributed by atoms with E-state index in [-0.39, 0.29) is 17.3 Å². The standard InChI is InChI=1S/C22H24O3/c1-4-14-12-22(3)19(9-10-20(22)24)18-7-5-15-11-16(25-13(2)23)6-8-17(15)21(14)18/h1,6,8,11,14,18-19,21H,5,7,9-10,12H2,2-3H3/t14-,18-,19-,21+,22-/m0/s1.